The van der Waals surface area contributed by atoms with Crippen LogP contribution in [0, 0.1) is 6.92 Å². The van der Waals surface area contributed by atoms with Crippen molar-refractivity contribution in [3.63, 3.8) is 0 Å². The second-order valence-electron chi connectivity index (χ2n) is 7.58. The third kappa shape index (κ3) is 3.31. The van der Waals surface area contributed by atoms with Crippen molar-refractivity contribution < 1.29 is 4.74 Å². The fraction of sp³-hybridized carbons (Fsp3) is 0.261. The Bertz CT molecular complexity index is 1410. The Labute approximate surface area is 185 Å². The van der Waals surface area contributed by atoms with Crippen LogP contribution in [0.1, 0.15) is 19.4 Å². The molecule has 1 aromatic carbocycles. The topological polar surface area (TPSA) is 88.0 Å². The molecule has 162 valence electrons. The number of benzene rings is 1. The molecule has 32 heavy (non-hydrogen) atoms. The maximum Gasteiger partial charge on any atom is 0.162 e. The molecule has 0 saturated carbocycles. The van der Waals surface area contributed by atoms with Crippen LogP contribution in [-0.2, 0) is 13.1 Å². The van der Waals surface area contributed by atoms with E-state index in [1.165, 1.54) is 0 Å². The molecule has 0 unspecified atom stereocenters. The fourth-order valence-corrected chi connectivity index (χ4v) is 3.88. The lowest BCUT2D eigenvalue weighted by molar-refractivity contribution is 0.416. The van der Waals surface area contributed by atoms with Crippen LogP contribution in [0.5, 0.6) is 5.75 Å². The Kier molecular flexibility index (Phi) is 4.93. The molecule has 0 saturated heterocycles. The molecule has 0 fully saturated rings. The summed E-state index contributed by atoms with van der Waals surface area (Å²) in [5.41, 5.74) is 7.47. The van der Waals surface area contributed by atoms with Crippen LogP contribution in [0.3, 0.4) is 0 Å². The van der Waals surface area contributed by atoms with Crippen molar-refractivity contribution in [2.24, 2.45) is 0 Å². The minimum absolute atomic E-state index is 0.742. The molecular weight excluding hydrogens is 404 g/mol. The predicted molar refractivity (Wildman–Crippen MR) is 121 cm³/mol. The minimum atomic E-state index is 0.742. The monoisotopic (exact) mass is 428 g/mol. The van der Waals surface area contributed by atoms with E-state index in [1.54, 1.807) is 16.3 Å². The summed E-state index contributed by atoms with van der Waals surface area (Å²) in [6, 6.07) is 4.12. The minimum Gasteiger partial charge on any atom is -0.496 e. The van der Waals surface area contributed by atoms with E-state index >= 15 is 0 Å². The van der Waals surface area contributed by atoms with E-state index in [9.17, 15) is 0 Å². The van der Waals surface area contributed by atoms with E-state index in [4.69, 9.17) is 9.72 Å². The molecule has 0 amide bonds. The number of methoxy groups -OCH3 is 1. The lowest BCUT2D eigenvalue weighted by Crippen LogP contribution is -1.95. The maximum absolute atomic E-state index is 5.73. The summed E-state index contributed by atoms with van der Waals surface area (Å²) in [7, 11) is 1.67. The van der Waals surface area contributed by atoms with Gasteiger partial charge in [0.2, 0.25) is 0 Å². The average Bonchev–Trinajstić information content (AvgIpc) is 3.57. The molecule has 0 aliphatic carbocycles. The maximum atomic E-state index is 5.73. The van der Waals surface area contributed by atoms with E-state index in [0.29, 0.717) is 0 Å². The standard InChI is InChI=1S/C23H24N8O/c1-5-29-12-18(10-25-29)17-9-24-23-19(11-26-31(23)13-17)16-7-15(3)22(21(8-16)32-4)20-14-30(6-2)28-27-20/h7-14H,5-6H2,1-4H3. The van der Waals surface area contributed by atoms with Crippen LogP contribution in [0.15, 0.2) is 49.3 Å². The smallest absolute Gasteiger partial charge is 0.162 e. The summed E-state index contributed by atoms with van der Waals surface area (Å²) >= 11 is 0. The summed E-state index contributed by atoms with van der Waals surface area (Å²) in [6.07, 6.45) is 11.5. The van der Waals surface area contributed by atoms with Gasteiger partial charge in [-0.05, 0) is 38.0 Å². The van der Waals surface area contributed by atoms with Gasteiger partial charge in [-0.2, -0.15) is 10.2 Å². The van der Waals surface area contributed by atoms with Gasteiger partial charge < -0.3 is 4.74 Å². The molecule has 0 radical (unpaired) electrons. The zero-order valence-electron chi connectivity index (χ0n) is 18.5. The van der Waals surface area contributed by atoms with Gasteiger partial charge in [0, 0.05) is 53.9 Å². The van der Waals surface area contributed by atoms with Gasteiger partial charge in [-0.15, -0.1) is 5.10 Å². The SMILES string of the molecule is CCn1cc(-c2cnc3c(-c4cc(C)c(-c5cn(CC)nn5)c(OC)c4)cnn3c2)cn1. The van der Waals surface area contributed by atoms with Gasteiger partial charge in [-0.1, -0.05) is 11.3 Å². The molecule has 0 N–H and O–H groups in total. The molecule has 5 rings (SSSR count). The first-order valence-electron chi connectivity index (χ1n) is 10.6. The van der Waals surface area contributed by atoms with Crippen LogP contribution in [0.25, 0.3) is 39.2 Å². The van der Waals surface area contributed by atoms with Gasteiger partial charge in [0.25, 0.3) is 0 Å². The molecule has 0 spiro atoms. The zero-order valence-corrected chi connectivity index (χ0v) is 18.5. The Balaban J connectivity index is 1.57. The predicted octanol–water partition coefficient (Wildman–Crippen LogP) is 3.88. The van der Waals surface area contributed by atoms with Gasteiger partial charge >= 0.3 is 0 Å². The van der Waals surface area contributed by atoms with E-state index in [0.717, 1.165) is 63.6 Å². The normalized spacial score (nSPS) is 11.4. The first kappa shape index (κ1) is 19.9. The summed E-state index contributed by atoms with van der Waals surface area (Å²) in [5.74, 6) is 0.742. The first-order chi connectivity index (χ1) is 15.6. The number of ether oxygens (including phenoxy) is 1. The average molecular weight is 429 g/mol. The van der Waals surface area contributed by atoms with Crippen LogP contribution >= 0.6 is 0 Å². The highest BCUT2D eigenvalue weighted by Crippen LogP contribution is 2.37. The largest absolute Gasteiger partial charge is 0.496 e. The highest BCUT2D eigenvalue weighted by Gasteiger charge is 2.17. The van der Waals surface area contributed by atoms with Crippen molar-refractivity contribution in [2.75, 3.05) is 7.11 Å². The lowest BCUT2D eigenvalue weighted by Gasteiger charge is -2.12. The van der Waals surface area contributed by atoms with Crippen molar-refractivity contribution >= 4 is 5.65 Å². The van der Waals surface area contributed by atoms with Crippen LogP contribution in [0.2, 0.25) is 0 Å². The van der Waals surface area contributed by atoms with Crippen LogP contribution < -0.4 is 4.74 Å². The summed E-state index contributed by atoms with van der Waals surface area (Å²) in [6.45, 7) is 7.74. The van der Waals surface area contributed by atoms with Crippen LogP contribution in [0.4, 0.5) is 0 Å². The number of aromatic nitrogens is 8. The molecular formula is C23H24N8O. The van der Waals surface area contributed by atoms with E-state index in [2.05, 4.69) is 40.4 Å². The Morgan fingerprint density at radius 3 is 2.41 bits per heavy atom. The second-order valence-corrected chi connectivity index (χ2v) is 7.58. The Morgan fingerprint density at radius 1 is 0.875 bits per heavy atom. The molecule has 0 atom stereocenters. The third-order valence-electron chi connectivity index (χ3n) is 5.60. The van der Waals surface area contributed by atoms with Gasteiger partial charge in [0.15, 0.2) is 5.65 Å². The second kappa shape index (κ2) is 7.92. The quantitative estimate of drug-likeness (QED) is 0.408. The molecule has 9 heteroatoms. The molecule has 0 aliphatic rings. The van der Waals surface area contributed by atoms with Crippen LogP contribution in [-0.4, -0.2) is 46.5 Å². The zero-order chi connectivity index (χ0) is 22.2. The van der Waals surface area contributed by atoms with E-state index in [-0.39, 0.29) is 0 Å². The fourth-order valence-electron chi connectivity index (χ4n) is 3.88. The molecule has 4 heterocycles. The summed E-state index contributed by atoms with van der Waals surface area (Å²) < 4.78 is 11.2. The van der Waals surface area contributed by atoms with Crippen molar-refractivity contribution in [2.45, 2.75) is 33.9 Å². The number of hydrogen-bond acceptors (Lipinski definition) is 6. The van der Waals surface area contributed by atoms with Crippen molar-refractivity contribution in [1.82, 2.24) is 39.4 Å². The van der Waals surface area contributed by atoms with Crippen molar-refractivity contribution in [1.29, 1.82) is 0 Å². The number of aryl methyl sites for hydroxylation is 3. The lowest BCUT2D eigenvalue weighted by atomic mass is 9.98. The third-order valence-corrected chi connectivity index (χ3v) is 5.60. The first-order valence-corrected chi connectivity index (χ1v) is 10.6. The van der Waals surface area contributed by atoms with Gasteiger partial charge in [-0.25, -0.2) is 9.50 Å². The Hall–Kier alpha value is -4.01. The van der Waals surface area contributed by atoms with Gasteiger partial charge in [0.1, 0.15) is 11.4 Å². The summed E-state index contributed by atoms with van der Waals surface area (Å²) in [5, 5.41) is 17.4. The highest BCUT2D eigenvalue weighted by molar-refractivity contribution is 5.83. The molecule has 0 bridgehead atoms. The van der Waals surface area contributed by atoms with Crippen molar-refractivity contribution in [3.8, 4) is 39.3 Å². The van der Waals surface area contributed by atoms with Gasteiger partial charge in [-0.3, -0.25) is 9.36 Å². The molecule has 0 aliphatic heterocycles. The molecule has 9 nitrogen and oxygen atoms in total. The molecule has 5 aromatic rings. The Morgan fingerprint density at radius 2 is 1.69 bits per heavy atom. The number of hydrogen-bond donors (Lipinski definition) is 0. The number of rotatable bonds is 6. The van der Waals surface area contributed by atoms with E-state index in [1.807, 2.05) is 54.9 Å². The summed E-state index contributed by atoms with van der Waals surface area (Å²) in [4.78, 5) is 4.71. The molecule has 4 aromatic heterocycles. The van der Waals surface area contributed by atoms with E-state index < -0.39 is 0 Å². The number of fused-ring (bicyclic) bond motifs is 1. The highest BCUT2D eigenvalue weighted by atomic mass is 16.5. The van der Waals surface area contributed by atoms with Crippen molar-refractivity contribution in [3.05, 3.63) is 54.9 Å². The number of nitrogens with zero attached hydrogens (tertiary/aromatic N) is 8. The van der Waals surface area contributed by atoms with Gasteiger partial charge in [0.05, 0.1) is 25.7 Å².